The van der Waals surface area contributed by atoms with Crippen molar-refractivity contribution in [1.29, 1.82) is 0 Å². The van der Waals surface area contributed by atoms with Gasteiger partial charge in [0.05, 0.1) is 23.7 Å². The number of carbonyl (C=O) groups is 2. The number of amides is 2. The standard InChI is InChI=1S/C19H26N6O3S/c1-4-28-19(27)22-17-11-14(23-29-17)12-24-7-9-25(10-8-24)16-6-5-15(18(26)20-3)21-13(16)2/h5-6,11H,4,7-10,12H2,1-3H3,(H,20,26)(H,22,27)/i2D3. The van der Waals surface area contributed by atoms with Crippen molar-refractivity contribution in [2.75, 3.05) is 50.1 Å². The summed E-state index contributed by atoms with van der Waals surface area (Å²) in [5.41, 5.74) is 1.37. The molecule has 1 aliphatic rings. The maximum Gasteiger partial charge on any atom is 0.412 e. The van der Waals surface area contributed by atoms with E-state index in [-0.39, 0.29) is 11.4 Å². The lowest BCUT2D eigenvalue weighted by molar-refractivity contribution is 0.0958. The van der Waals surface area contributed by atoms with E-state index in [1.165, 1.54) is 18.6 Å². The second-order valence-electron chi connectivity index (χ2n) is 6.43. The Morgan fingerprint density at radius 2 is 2.10 bits per heavy atom. The fourth-order valence-electron chi connectivity index (χ4n) is 3.05. The Morgan fingerprint density at radius 1 is 1.31 bits per heavy atom. The number of carbonyl (C=O) groups excluding carboxylic acids is 2. The van der Waals surface area contributed by atoms with Gasteiger partial charge in [-0.25, -0.2) is 9.78 Å². The first-order valence-electron chi connectivity index (χ1n) is 10.8. The Kier molecular flexibility index (Phi) is 5.72. The predicted molar refractivity (Wildman–Crippen MR) is 113 cm³/mol. The summed E-state index contributed by atoms with van der Waals surface area (Å²) in [7, 11) is 1.48. The van der Waals surface area contributed by atoms with E-state index in [4.69, 9.17) is 8.85 Å². The highest BCUT2D eigenvalue weighted by atomic mass is 32.1. The molecule has 1 saturated heterocycles. The molecule has 0 unspecified atom stereocenters. The summed E-state index contributed by atoms with van der Waals surface area (Å²) in [5, 5.41) is 5.74. The number of aromatic nitrogens is 2. The van der Waals surface area contributed by atoms with Crippen LogP contribution in [0.15, 0.2) is 18.2 Å². The molecule has 29 heavy (non-hydrogen) atoms. The minimum absolute atomic E-state index is 0.0683. The van der Waals surface area contributed by atoms with Gasteiger partial charge in [-0.3, -0.25) is 15.0 Å². The van der Waals surface area contributed by atoms with E-state index < -0.39 is 18.9 Å². The van der Waals surface area contributed by atoms with Crippen molar-refractivity contribution in [3.05, 3.63) is 35.3 Å². The van der Waals surface area contributed by atoms with Crippen LogP contribution in [0.2, 0.25) is 0 Å². The zero-order valence-corrected chi connectivity index (χ0v) is 17.2. The molecule has 2 aromatic rings. The van der Waals surface area contributed by atoms with Gasteiger partial charge < -0.3 is 15.0 Å². The first kappa shape index (κ1) is 17.2. The molecule has 3 rings (SSSR count). The van der Waals surface area contributed by atoms with Crippen LogP contribution in [0.25, 0.3) is 0 Å². The number of piperazine rings is 1. The molecule has 0 atom stereocenters. The van der Waals surface area contributed by atoms with Crippen LogP contribution in [0.4, 0.5) is 15.5 Å². The fraction of sp³-hybridized carbons (Fsp3) is 0.474. The molecule has 0 bridgehead atoms. The van der Waals surface area contributed by atoms with Crippen LogP contribution >= 0.6 is 11.5 Å². The Morgan fingerprint density at radius 3 is 2.79 bits per heavy atom. The van der Waals surface area contributed by atoms with Crippen LogP contribution < -0.4 is 15.5 Å². The predicted octanol–water partition coefficient (Wildman–Crippen LogP) is 2.10. The number of nitrogens with one attached hydrogen (secondary N) is 2. The van der Waals surface area contributed by atoms with Gasteiger partial charge in [0.1, 0.15) is 10.7 Å². The molecule has 0 aromatic carbocycles. The van der Waals surface area contributed by atoms with Crippen molar-refractivity contribution in [1.82, 2.24) is 19.6 Å². The van der Waals surface area contributed by atoms with Crippen molar-refractivity contribution in [2.24, 2.45) is 0 Å². The molecule has 9 nitrogen and oxygen atoms in total. The van der Waals surface area contributed by atoms with Crippen LogP contribution in [0.5, 0.6) is 0 Å². The summed E-state index contributed by atoms with van der Waals surface area (Å²) in [4.78, 5) is 31.7. The molecule has 1 fully saturated rings. The number of anilines is 2. The summed E-state index contributed by atoms with van der Waals surface area (Å²) in [5.74, 6) is -0.424. The highest BCUT2D eigenvalue weighted by molar-refractivity contribution is 7.10. The van der Waals surface area contributed by atoms with E-state index in [9.17, 15) is 9.59 Å². The number of nitrogens with zero attached hydrogens (tertiary/aromatic N) is 4. The number of pyridine rings is 1. The van der Waals surface area contributed by atoms with Gasteiger partial charge in [-0.1, -0.05) is 0 Å². The normalized spacial score (nSPS) is 16.5. The lowest BCUT2D eigenvalue weighted by Crippen LogP contribution is -2.46. The molecule has 10 heteroatoms. The van der Waals surface area contributed by atoms with Gasteiger partial charge in [0.25, 0.3) is 5.91 Å². The average molecular weight is 422 g/mol. The zero-order valence-electron chi connectivity index (χ0n) is 19.4. The van der Waals surface area contributed by atoms with Crippen LogP contribution in [0.1, 0.15) is 32.9 Å². The van der Waals surface area contributed by atoms with Gasteiger partial charge in [0, 0.05) is 43.9 Å². The number of ether oxygens (including phenoxy) is 1. The summed E-state index contributed by atoms with van der Waals surface area (Å²) in [6.45, 7) is 2.87. The SMILES string of the molecule is [2H]C([2H])([2H])c1nc(C(=O)NC)ccc1N1CCN(Cc2cc(NC(=O)OCC)sn2)CC1. The molecule has 2 amide bonds. The second-order valence-corrected chi connectivity index (χ2v) is 7.24. The Labute approximate surface area is 178 Å². The Bertz CT molecular complexity index is 960. The smallest absolute Gasteiger partial charge is 0.412 e. The van der Waals surface area contributed by atoms with Gasteiger partial charge in [0.2, 0.25) is 0 Å². The maximum atomic E-state index is 11.9. The molecule has 0 radical (unpaired) electrons. The first-order valence-corrected chi connectivity index (χ1v) is 10.1. The lowest BCUT2D eigenvalue weighted by atomic mass is 10.2. The first-order chi connectivity index (χ1) is 15.2. The van der Waals surface area contributed by atoms with Gasteiger partial charge in [-0.05, 0) is 43.5 Å². The van der Waals surface area contributed by atoms with Crippen molar-refractivity contribution < 1.29 is 18.4 Å². The Balaban J connectivity index is 1.63. The number of aryl methyl sites for hydroxylation is 1. The fourth-order valence-corrected chi connectivity index (χ4v) is 3.69. The van der Waals surface area contributed by atoms with Crippen molar-refractivity contribution in [3.63, 3.8) is 0 Å². The average Bonchev–Trinajstić information content (AvgIpc) is 3.19. The number of hydrogen-bond acceptors (Lipinski definition) is 8. The molecule has 3 heterocycles. The quantitative estimate of drug-likeness (QED) is 0.737. The van der Waals surface area contributed by atoms with Crippen LogP contribution in [0, 0.1) is 6.85 Å². The second kappa shape index (κ2) is 9.66. The van der Waals surface area contributed by atoms with E-state index in [1.807, 2.05) is 11.0 Å². The maximum absolute atomic E-state index is 11.9. The van der Waals surface area contributed by atoms with Crippen LogP contribution in [-0.4, -0.2) is 66.1 Å². The van der Waals surface area contributed by atoms with E-state index in [2.05, 4.69) is 24.9 Å². The topological polar surface area (TPSA) is 99.7 Å². The number of hydrogen-bond donors (Lipinski definition) is 2. The Hall–Kier alpha value is -2.72. The molecule has 156 valence electrons. The van der Waals surface area contributed by atoms with Crippen molar-refractivity contribution in [3.8, 4) is 0 Å². The molecule has 0 saturated carbocycles. The van der Waals surface area contributed by atoms with E-state index in [0.29, 0.717) is 50.0 Å². The van der Waals surface area contributed by atoms with Gasteiger partial charge in [0.15, 0.2) is 0 Å². The van der Waals surface area contributed by atoms with Gasteiger partial charge in [-0.15, -0.1) is 0 Å². The summed E-state index contributed by atoms with van der Waals surface area (Å²) >= 11 is 1.20. The molecule has 0 aliphatic carbocycles. The lowest BCUT2D eigenvalue weighted by Gasteiger charge is -2.36. The molecular weight excluding hydrogens is 392 g/mol. The molecule has 1 aliphatic heterocycles. The third-order valence-electron chi connectivity index (χ3n) is 4.49. The minimum Gasteiger partial charge on any atom is -0.450 e. The minimum atomic E-state index is -2.43. The third kappa shape index (κ3) is 5.42. The largest absolute Gasteiger partial charge is 0.450 e. The molecular formula is C19H26N6O3S. The molecule has 2 N–H and O–H groups in total. The van der Waals surface area contributed by atoms with E-state index in [0.717, 1.165) is 5.69 Å². The highest BCUT2D eigenvalue weighted by Crippen LogP contribution is 2.22. The van der Waals surface area contributed by atoms with E-state index >= 15 is 0 Å². The summed E-state index contributed by atoms with van der Waals surface area (Å²) in [6, 6.07) is 5.02. The zero-order chi connectivity index (χ0) is 23.3. The summed E-state index contributed by atoms with van der Waals surface area (Å²) in [6.07, 6.45) is -0.502. The van der Waals surface area contributed by atoms with Crippen LogP contribution in [-0.2, 0) is 11.3 Å². The monoisotopic (exact) mass is 421 g/mol. The molecule has 0 spiro atoms. The summed E-state index contributed by atoms with van der Waals surface area (Å²) < 4.78 is 32.8. The van der Waals surface area contributed by atoms with Crippen molar-refractivity contribution >= 4 is 34.2 Å². The third-order valence-corrected chi connectivity index (χ3v) is 5.23. The highest BCUT2D eigenvalue weighted by Gasteiger charge is 2.20. The van der Waals surface area contributed by atoms with Crippen molar-refractivity contribution in [2.45, 2.75) is 20.3 Å². The van der Waals surface area contributed by atoms with Crippen LogP contribution in [0.3, 0.4) is 0 Å². The van der Waals surface area contributed by atoms with E-state index in [1.54, 1.807) is 19.1 Å². The van der Waals surface area contributed by atoms with Gasteiger partial charge in [-0.2, -0.15) is 4.37 Å². The number of rotatable bonds is 6. The van der Waals surface area contributed by atoms with Gasteiger partial charge >= 0.3 is 6.09 Å². The molecule has 2 aromatic heterocycles.